The molecule has 0 atom stereocenters. The molecular formula is C20H19F2N5O. The number of carbonyl (C=O) groups excluding carboxylic acids is 1. The molecule has 3 aromatic rings. The Morgan fingerprint density at radius 3 is 2.71 bits per heavy atom. The van der Waals surface area contributed by atoms with Gasteiger partial charge in [0.2, 0.25) is 0 Å². The first kappa shape index (κ1) is 18.2. The third kappa shape index (κ3) is 3.38. The van der Waals surface area contributed by atoms with Crippen LogP contribution in [0.15, 0.2) is 36.5 Å². The number of halogens is 2. The molecule has 144 valence electrons. The van der Waals surface area contributed by atoms with Gasteiger partial charge < -0.3 is 5.73 Å². The molecule has 6 nitrogen and oxygen atoms in total. The van der Waals surface area contributed by atoms with Gasteiger partial charge in [-0.15, -0.1) is 0 Å². The fourth-order valence-corrected chi connectivity index (χ4v) is 3.59. The molecule has 1 aromatic carbocycles. The van der Waals surface area contributed by atoms with Crippen molar-refractivity contribution in [3.63, 3.8) is 0 Å². The minimum absolute atomic E-state index is 0.0693. The van der Waals surface area contributed by atoms with Crippen molar-refractivity contribution in [1.29, 1.82) is 0 Å². The Morgan fingerprint density at radius 2 is 2.04 bits per heavy atom. The fraction of sp³-hybridized carbons (Fsp3) is 0.250. The van der Waals surface area contributed by atoms with Crippen LogP contribution < -0.4 is 5.73 Å². The fourth-order valence-electron chi connectivity index (χ4n) is 3.59. The summed E-state index contributed by atoms with van der Waals surface area (Å²) in [4.78, 5) is 18.4. The molecule has 0 saturated heterocycles. The summed E-state index contributed by atoms with van der Waals surface area (Å²) < 4.78 is 29.6. The van der Waals surface area contributed by atoms with Crippen molar-refractivity contribution in [2.45, 2.75) is 19.5 Å². The van der Waals surface area contributed by atoms with Crippen LogP contribution in [0.25, 0.3) is 11.1 Å². The van der Waals surface area contributed by atoms with Crippen LogP contribution in [0.4, 0.5) is 8.78 Å². The van der Waals surface area contributed by atoms with Crippen LogP contribution in [0, 0.1) is 11.6 Å². The number of hydrogen-bond acceptors (Lipinski definition) is 4. The second-order valence-electron chi connectivity index (χ2n) is 6.88. The third-order valence-electron chi connectivity index (χ3n) is 5.04. The molecule has 0 bridgehead atoms. The van der Waals surface area contributed by atoms with E-state index >= 15 is 0 Å². The zero-order chi connectivity index (χ0) is 19.8. The first-order chi connectivity index (χ1) is 13.4. The lowest BCUT2D eigenvalue weighted by atomic mass is 9.92. The molecule has 1 aliphatic rings. The summed E-state index contributed by atoms with van der Waals surface area (Å²) in [7, 11) is 1.88. The number of nitrogens with two attached hydrogens (primary N) is 1. The minimum Gasteiger partial charge on any atom is -0.364 e. The van der Waals surface area contributed by atoms with Crippen LogP contribution in [-0.2, 0) is 26.6 Å². The van der Waals surface area contributed by atoms with Gasteiger partial charge in [-0.3, -0.25) is 14.4 Å². The van der Waals surface area contributed by atoms with Crippen LogP contribution in [0.5, 0.6) is 0 Å². The summed E-state index contributed by atoms with van der Waals surface area (Å²) in [5.41, 5.74) is 8.88. The van der Waals surface area contributed by atoms with Crippen LogP contribution in [0.3, 0.4) is 0 Å². The summed E-state index contributed by atoms with van der Waals surface area (Å²) in [6.07, 6.45) is 2.37. The monoisotopic (exact) mass is 383 g/mol. The Morgan fingerprint density at radius 1 is 1.21 bits per heavy atom. The van der Waals surface area contributed by atoms with Crippen molar-refractivity contribution >= 4 is 5.91 Å². The second kappa shape index (κ2) is 7.12. The van der Waals surface area contributed by atoms with Gasteiger partial charge in [0.05, 0.1) is 11.4 Å². The number of aromatic nitrogens is 3. The molecule has 2 N–H and O–H groups in total. The van der Waals surface area contributed by atoms with Gasteiger partial charge in [0.25, 0.3) is 5.91 Å². The van der Waals surface area contributed by atoms with Gasteiger partial charge in [0.15, 0.2) is 0 Å². The Bertz CT molecular complexity index is 1060. The Balaban J connectivity index is 1.74. The molecule has 2 aromatic heterocycles. The summed E-state index contributed by atoms with van der Waals surface area (Å²) in [5.74, 6) is -2.02. The number of pyridine rings is 1. The molecule has 0 aliphatic carbocycles. The summed E-state index contributed by atoms with van der Waals surface area (Å²) in [5, 5.41) is 4.18. The topological polar surface area (TPSA) is 77.0 Å². The number of carbonyl (C=O) groups is 1. The molecule has 8 heteroatoms. The van der Waals surface area contributed by atoms with Crippen LogP contribution in [0.1, 0.15) is 27.4 Å². The number of rotatable bonds is 4. The van der Waals surface area contributed by atoms with Crippen molar-refractivity contribution in [3.8, 4) is 11.1 Å². The van der Waals surface area contributed by atoms with Gasteiger partial charge in [-0.2, -0.15) is 5.10 Å². The van der Waals surface area contributed by atoms with Gasteiger partial charge in [0.1, 0.15) is 17.3 Å². The highest BCUT2D eigenvalue weighted by molar-refractivity contribution is 5.92. The largest absolute Gasteiger partial charge is 0.364 e. The van der Waals surface area contributed by atoms with Gasteiger partial charge in [-0.25, -0.2) is 13.8 Å². The highest BCUT2D eigenvalue weighted by Gasteiger charge is 2.24. The quantitative estimate of drug-likeness (QED) is 0.751. The molecule has 1 aliphatic heterocycles. The van der Waals surface area contributed by atoms with Gasteiger partial charge in [-0.1, -0.05) is 0 Å². The predicted molar refractivity (Wildman–Crippen MR) is 99.1 cm³/mol. The molecule has 0 spiro atoms. The number of nitrogens with zero attached hydrogens (tertiary/aromatic N) is 4. The van der Waals surface area contributed by atoms with E-state index < -0.39 is 17.5 Å². The van der Waals surface area contributed by atoms with Crippen molar-refractivity contribution in [2.75, 3.05) is 6.54 Å². The van der Waals surface area contributed by atoms with Crippen molar-refractivity contribution < 1.29 is 13.6 Å². The number of amides is 1. The average molecular weight is 383 g/mol. The molecule has 0 radical (unpaired) electrons. The van der Waals surface area contributed by atoms with E-state index in [9.17, 15) is 13.6 Å². The van der Waals surface area contributed by atoms with Crippen LogP contribution in [0.2, 0.25) is 0 Å². The van der Waals surface area contributed by atoms with Crippen molar-refractivity contribution in [2.24, 2.45) is 12.8 Å². The molecule has 0 fully saturated rings. The highest BCUT2D eigenvalue weighted by atomic mass is 19.1. The van der Waals surface area contributed by atoms with E-state index in [1.54, 1.807) is 6.20 Å². The Labute approximate surface area is 160 Å². The summed E-state index contributed by atoms with van der Waals surface area (Å²) in [6, 6.07) is 6.86. The van der Waals surface area contributed by atoms with Crippen LogP contribution >= 0.6 is 0 Å². The third-order valence-corrected chi connectivity index (χ3v) is 5.04. The van der Waals surface area contributed by atoms with E-state index in [1.807, 2.05) is 17.8 Å². The zero-order valence-electron chi connectivity index (χ0n) is 15.3. The maximum atomic E-state index is 14.4. The number of aryl methyl sites for hydroxylation is 1. The Kier molecular flexibility index (Phi) is 4.64. The lowest BCUT2D eigenvalue weighted by Crippen LogP contribution is -2.32. The van der Waals surface area contributed by atoms with Gasteiger partial charge in [0, 0.05) is 44.5 Å². The average Bonchev–Trinajstić information content (AvgIpc) is 3.05. The molecule has 0 unspecified atom stereocenters. The molecular weight excluding hydrogens is 364 g/mol. The van der Waals surface area contributed by atoms with Gasteiger partial charge >= 0.3 is 0 Å². The predicted octanol–water partition coefficient (Wildman–Crippen LogP) is 2.42. The van der Waals surface area contributed by atoms with Gasteiger partial charge in [-0.05, 0) is 41.8 Å². The SMILES string of the molecule is Cn1nccc1CN1CCc2c(-c3ccc(F)cc3F)cc(C(N)=O)nc2C1. The zero-order valence-corrected chi connectivity index (χ0v) is 15.3. The van der Waals surface area contributed by atoms with E-state index in [1.165, 1.54) is 18.2 Å². The standard InChI is InChI=1S/C20H19F2N5O/c1-26-13(4-6-24-26)10-27-7-5-15-16(14-3-2-12(21)8-17(14)22)9-18(20(23)28)25-19(15)11-27/h2-4,6,8-9H,5,7,10-11H2,1H3,(H2,23,28). The summed E-state index contributed by atoms with van der Waals surface area (Å²) >= 11 is 0. The van der Waals surface area contributed by atoms with E-state index in [2.05, 4.69) is 15.0 Å². The van der Waals surface area contributed by atoms with Crippen molar-refractivity contribution in [1.82, 2.24) is 19.7 Å². The molecule has 1 amide bonds. The second-order valence-corrected chi connectivity index (χ2v) is 6.88. The lowest BCUT2D eigenvalue weighted by molar-refractivity contribution is 0.0994. The first-order valence-corrected chi connectivity index (χ1v) is 8.89. The summed E-state index contributed by atoms with van der Waals surface area (Å²) in [6.45, 7) is 1.92. The van der Waals surface area contributed by atoms with E-state index in [4.69, 9.17) is 5.73 Å². The smallest absolute Gasteiger partial charge is 0.267 e. The number of benzene rings is 1. The maximum Gasteiger partial charge on any atom is 0.267 e. The number of primary amides is 1. The molecule has 28 heavy (non-hydrogen) atoms. The highest BCUT2D eigenvalue weighted by Crippen LogP contribution is 2.32. The van der Waals surface area contributed by atoms with Crippen LogP contribution in [-0.4, -0.2) is 32.1 Å². The van der Waals surface area contributed by atoms with E-state index in [0.717, 1.165) is 23.9 Å². The molecule has 0 saturated carbocycles. The Hall–Kier alpha value is -3.13. The normalized spacial score (nSPS) is 14.1. The van der Waals surface area contributed by atoms with E-state index in [0.29, 0.717) is 30.8 Å². The lowest BCUT2D eigenvalue weighted by Gasteiger charge is -2.29. The molecule has 3 heterocycles. The number of fused-ring (bicyclic) bond motifs is 1. The minimum atomic E-state index is -0.685. The van der Waals surface area contributed by atoms with E-state index in [-0.39, 0.29) is 11.3 Å². The number of hydrogen-bond donors (Lipinski definition) is 1. The molecule has 4 rings (SSSR count). The maximum absolute atomic E-state index is 14.4. The van der Waals surface area contributed by atoms with Crippen molar-refractivity contribution in [3.05, 3.63) is 70.8 Å². The first-order valence-electron chi connectivity index (χ1n) is 8.89.